The van der Waals surface area contributed by atoms with Crippen molar-refractivity contribution in [1.82, 2.24) is 0 Å². The summed E-state index contributed by atoms with van der Waals surface area (Å²) in [7, 11) is 0. The second kappa shape index (κ2) is 9.68. The third kappa shape index (κ3) is 6.40. The number of aliphatic hydroxyl groups is 1. The lowest BCUT2D eigenvalue weighted by atomic mass is 10.1. The molecule has 0 radical (unpaired) electrons. The molecule has 0 aliphatic heterocycles. The van der Waals surface area contributed by atoms with Crippen molar-refractivity contribution < 1.29 is 19.4 Å². The van der Waals surface area contributed by atoms with Crippen molar-refractivity contribution in [3.63, 3.8) is 0 Å². The molecule has 0 heterocycles. The van der Waals surface area contributed by atoms with Gasteiger partial charge in [-0.3, -0.25) is 0 Å². The van der Waals surface area contributed by atoms with Crippen molar-refractivity contribution in [2.24, 2.45) is 5.92 Å². The lowest BCUT2D eigenvalue weighted by Crippen LogP contribution is -2.14. The third-order valence-corrected chi connectivity index (χ3v) is 4.34. The van der Waals surface area contributed by atoms with Crippen LogP contribution in [-0.4, -0.2) is 36.6 Å². The third-order valence-electron chi connectivity index (χ3n) is 3.12. The van der Waals surface area contributed by atoms with Gasteiger partial charge in [0.1, 0.15) is 5.75 Å². The molecular weight excluding hydrogens is 288 g/mol. The van der Waals surface area contributed by atoms with Crippen LogP contribution in [0.1, 0.15) is 25.8 Å². The Morgan fingerprint density at radius 1 is 1.38 bits per heavy atom. The minimum atomic E-state index is -0.357. The molecule has 5 heteroatoms. The second-order valence-corrected chi connectivity index (χ2v) is 5.88. The van der Waals surface area contributed by atoms with Gasteiger partial charge >= 0.3 is 5.97 Å². The predicted molar refractivity (Wildman–Crippen MR) is 84.9 cm³/mol. The smallest absolute Gasteiger partial charge is 0.344 e. The molecule has 0 spiro atoms. The van der Waals surface area contributed by atoms with E-state index in [0.29, 0.717) is 18.3 Å². The lowest BCUT2D eigenvalue weighted by Gasteiger charge is -2.13. The molecule has 1 rings (SSSR count). The standard InChI is InChI=1S/C16H24O4S/c1-4-13(9-17)11-21-14-6-7-15(12(3)8-14)20-10-16(18)19-5-2/h6-8,13,17H,4-5,9-11H2,1-3H3/t13-/m1/s1. The molecule has 0 bridgehead atoms. The molecule has 0 aliphatic carbocycles. The Balaban J connectivity index is 2.53. The number of carbonyl (C=O) groups is 1. The number of rotatable bonds is 9. The quantitative estimate of drug-likeness (QED) is 0.561. The first-order chi connectivity index (χ1) is 10.1. The highest BCUT2D eigenvalue weighted by atomic mass is 32.2. The van der Waals surface area contributed by atoms with E-state index in [1.54, 1.807) is 18.7 Å². The molecule has 0 fully saturated rings. The maximum atomic E-state index is 11.3. The number of hydrogen-bond acceptors (Lipinski definition) is 5. The molecule has 1 atom stereocenters. The summed E-state index contributed by atoms with van der Waals surface area (Å²) >= 11 is 1.73. The van der Waals surface area contributed by atoms with Crippen molar-refractivity contribution in [2.75, 3.05) is 25.6 Å². The van der Waals surface area contributed by atoms with Crippen LogP contribution in [-0.2, 0) is 9.53 Å². The van der Waals surface area contributed by atoms with Gasteiger partial charge in [0, 0.05) is 17.3 Å². The summed E-state index contributed by atoms with van der Waals surface area (Å²) in [4.78, 5) is 12.4. The average molecular weight is 312 g/mol. The van der Waals surface area contributed by atoms with Gasteiger partial charge in [0.05, 0.1) is 6.61 Å². The summed E-state index contributed by atoms with van der Waals surface area (Å²) in [5.41, 5.74) is 0.987. The predicted octanol–water partition coefficient (Wildman–Crippen LogP) is 3.05. The molecule has 0 saturated carbocycles. The van der Waals surface area contributed by atoms with Crippen LogP contribution in [0.15, 0.2) is 23.1 Å². The molecule has 4 nitrogen and oxygen atoms in total. The van der Waals surface area contributed by atoms with Crippen LogP contribution in [0.2, 0.25) is 0 Å². The van der Waals surface area contributed by atoms with E-state index in [1.807, 2.05) is 25.1 Å². The van der Waals surface area contributed by atoms with Crippen LogP contribution in [0.3, 0.4) is 0 Å². The molecule has 1 N–H and O–H groups in total. The monoisotopic (exact) mass is 312 g/mol. The highest BCUT2D eigenvalue weighted by molar-refractivity contribution is 7.99. The van der Waals surface area contributed by atoms with E-state index in [4.69, 9.17) is 9.47 Å². The van der Waals surface area contributed by atoms with Crippen LogP contribution < -0.4 is 4.74 Å². The van der Waals surface area contributed by atoms with E-state index < -0.39 is 0 Å². The first kappa shape index (κ1) is 17.9. The van der Waals surface area contributed by atoms with Gasteiger partial charge in [0.15, 0.2) is 6.61 Å². The summed E-state index contributed by atoms with van der Waals surface area (Å²) in [6, 6.07) is 5.88. The van der Waals surface area contributed by atoms with E-state index in [9.17, 15) is 9.90 Å². The summed E-state index contributed by atoms with van der Waals surface area (Å²) < 4.78 is 10.3. The Hall–Kier alpha value is -1.20. The van der Waals surface area contributed by atoms with Gasteiger partial charge in [-0.15, -0.1) is 11.8 Å². The van der Waals surface area contributed by atoms with Gasteiger partial charge in [-0.1, -0.05) is 13.3 Å². The van der Waals surface area contributed by atoms with Crippen LogP contribution in [0.5, 0.6) is 5.75 Å². The number of aliphatic hydroxyl groups excluding tert-OH is 1. The SMILES string of the molecule is CCOC(=O)COc1ccc(SC[C@H](CC)CO)cc1C. The molecular formula is C16H24O4S. The molecule has 1 aromatic rings. The van der Waals surface area contributed by atoms with E-state index >= 15 is 0 Å². The average Bonchev–Trinajstić information content (AvgIpc) is 2.47. The fraction of sp³-hybridized carbons (Fsp3) is 0.562. The topological polar surface area (TPSA) is 55.8 Å². The fourth-order valence-electron chi connectivity index (χ4n) is 1.73. The van der Waals surface area contributed by atoms with Crippen molar-refractivity contribution in [3.8, 4) is 5.75 Å². The normalized spacial score (nSPS) is 12.0. The van der Waals surface area contributed by atoms with Gasteiger partial charge in [-0.05, 0) is 43.5 Å². The van der Waals surface area contributed by atoms with Gasteiger partial charge in [0.25, 0.3) is 0 Å². The molecule has 0 unspecified atom stereocenters. The molecule has 118 valence electrons. The largest absolute Gasteiger partial charge is 0.482 e. The molecule has 21 heavy (non-hydrogen) atoms. The van der Waals surface area contributed by atoms with Crippen LogP contribution in [0.25, 0.3) is 0 Å². The van der Waals surface area contributed by atoms with Crippen LogP contribution in [0.4, 0.5) is 0 Å². The van der Waals surface area contributed by atoms with Gasteiger partial charge in [-0.2, -0.15) is 0 Å². The molecule has 0 aliphatic rings. The molecule has 0 saturated heterocycles. The van der Waals surface area contributed by atoms with Crippen LogP contribution >= 0.6 is 11.8 Å². The molecule has 1 aromatic carbocycles. The number of thioether (sulfide) groups is 1. The summed E-state index contributed by atoms with van der Waals surface area (Å²) in [5.74, 6) is 1.57. The second-order valence-electron chi connectivity index (χ2n) is 4.79. The minimum absolute atomic E-state index is 0.0659. The van der Waals surface area contributed by atoms with Crippen molar-refractivity contribution >= 4 is 17.7 Å². The van der Waals surface area contributed by atoms with Crippen molar-refractivity contribution in [2.45, 2.75) is 32.1 Å². The van der Waals surface area contributed by atoms with Gasteiger partial charge < -0.3 is 14.6 Å². The summed E-state index contributed by atoms with van der Waals surface area (Å²) in [5, 5.41) is 9.19. The number of benzene rings is 1. The maximum Gasteiger partial charge on any atom is 0.344 e. The Kier molecular flexibility index (Phi) is 8.23. The zero-order chi connectivity index (χ0) is 15.7. The van der Waals surface area contributed by atoms with Crippen molar-refractivity contribution in [3.05, 3.63) is 23.8 Å². The zero-order valence-corrected chi connectivity index (χ0v) is 13.7. The van der Waals surface area contributed by atoms with Crippen molar-refractivity contribution in [1.29, 1.82) is 0 Å². The Morgan fingerprint density at radius 2 is 2.14 bits per heavy atom. The number of ether oxygens (including phenoxy) is 2. The van der Waals surface area contributed by atoms with E-state index in [0.717, 1.165) is 22.6 Å². The first-order valence-corrected chi connectivity index (χ1v) is 8.21. The highest BCUT2D eigenvalue weighted by Crippen LogP contribution is 2.27. The Labute approximate surface area is 130 Å². The number of aryl methyl sites for hydroxylation is 1. The summed E-state index contributed by atoms with van der Waals surface area (Å²) in [6.45, 7) is 6.32. The van der Waals surface area contributed by atoms with E-state index in [-0.39, 0.29) is 19.2 Å². The number of carbonyl (C=O) groups excluding carboxylic acids is 1. The van der Waals surface area contributed by atoms with Crippen LogP contribution in [0, 0.1) is 12.8 Å². The van der Waals surface area contributed by atoms with E-state index in [2.05, 4.69) is 6.92 Å². The lowest BCUT2D eigenvalue weighted by molar-refractivity contribution is -0.145. The minimum Gasteiger partial charge on any atom is -0.482 e. The van der Waals surface area contributed by atoms with Gasteiger partial charge in [0.2, 0.25) is 0 Å². The first-order valence-electron chi connectivity index (χ1n) is 7.23. The fourth-order valence-corrected chi connectivity index (χ4v) is 2.92. The van der Waals surface area contributed by atoms with Gasteiger partial charge in [-0.25, -0.2) is 4.79 Å². The Bertz CT molecular complexity index is 444. The zero-order valence-electron chi connectivity index (χ0n) is 12.9. The highest BCUT2D eigenvalue weighted by Gasteiger charge is 2.08. The summed E-state index contributed by atoms with van der Waals surface area (Å²) in [6.07, 6.45) is 0.975. The molecule has 0 aromatic heterocycles. The van der Waals surface area contributed by atoms with E-state index in [1.165, 1.54) is 0 Å². The number of esters is 1. The number of hydrogen-bond donors (Lipinski definition) is 1. The Morgan fingerprint density at radius 3 is 2.71 bits per heavy atom. The maximum absolute atomic E-state index is 11.3. The molecule has 0 amide bonds.